The van der Waals surface area contributed by atoms with Crippen LogP contribution in [-0.2, 0) is 4.74 Å². The molecule has 1 N–H and O–H groups in total. The molecule has 0 amide bonds. The zero-order chi connectivity index (χ0) is 13.9. The lowest BCUT2D eigenvalue weighted by molar-refractivity contribution is -0.0572. The number of aliphatic hydroxyl groups is 1. The van der Waals surface area contributed by atoms with Gasteiger partial charge in [-0.1, -0.05) is 11.6 Å². The lowest BCUT2D eigenvalue weighted by atomic mass is 9.94. The van der Waals surface area contributed by atoms with Crippen molar-refractivity contribution in [2.24, 2.45) is 0 Å². The Morgan fingerprint density at radius 2 is 2.16 bits per heavy atom. The van der Waals surface area contributed by atoms with Crippen molar-refractivity contribution in [3.63, 3.8) is 0 Å². The van der Waals surface area contributed by atoms with E-state index < -0.39 is 5.60 Å². The molecule has 1 aliphatic heterocycles. The molecule has 1 fully saturated rings. The van der Waals surface area contributed by atoms with Crippen LogP contribution >= 0.6 is 11.6 Å². The summed E-state index contributed by atoms with van der Waals surface area (Å²) in [4.78, 5) is 1.96. The molecule has 0 atom stereocenters. The van der Waals surface area contributed by atoms with Gasteiger partial charge in [-0.15, -0.1) is 0 Å². The highest BCUT2D eigenvalue weighted by Crippen LogP contribution is 2.26. The van der Waals surface area contributed by atoms with Crippen molar-refractivity contribution in [1.82, 2.24) is 0 Å². The van der Waals surface area contributed by atoms with E-state index in [0.29, 0.717) is 43.2 Å². The zero-order valence-corrected chi connectivity index (χ0v) is 11.7. The molecule has 102 valence electrons. The van der Waals surface area contributed by atoms with E-state index in [1.54, 1.807) is 12.1 Å². The minimum absolute atomic E-state index is 0.436. The number of anilines is 1. The molecule has 0 bridgehead atoms. The van der Waals surface area contributed by atoms with Crippen molar-refractivity contribution >= 4 is 17.3 Å². The van der Waals surface area contributed by atoms with Crippen LogP contribution in [0.3, 0.4) is 0 Å². The third-order valence-electron chi connectivity index (χ3n) is 3.47. The molecule has 1 aromatic rings. The summed E-state index contributed by atoms with van der Waals surface area (Å²) in [6.07, 6.45) is 1.28. The van der Waals surface area contributed by atoms with Crippen LogP contribution in [0.15, 0.2) is 18.2 Å². The summed E-state index contributed by atoms with van der Waals surface area (Å²) in [7, 11) is 1.91. The molecule has 1 heterocycles. The van der Waals surface area contributed by atoms with E-state index >= 15 is 0 Å². The van der Waals surface area contributed by atoms with Gasteiger partial charge in [0, 0.05) is 45.3 Å². The predicted molar refractivity (Wildman–Crippen MR) is 74.4 cm³/mol. The summed E-state index contributed by atoms with van der Waals surface area (Å²) in [6.45, 7) is 1.72. The maximum Gasteiger partial charge on any atom is 0.101 e. The van der Waals surface area contributed by atoms with E-state index in [-0.39, 0.29) is 0 Å². The monoisotopic (exact) mass is 280 g/mol. The molecule has 1 aliphatic rings. The van der Waals surface area contributed by atoms with Crippen molar-refractivity contribution < 1.29 is 9.84 Å². The number of nitriles is 1. The minimum atomic E-state index is -0.715. The van der Waals surface area contributed by atoms with Crippen molar-refractivity contribution in [2.75, 3.05) is 31.7 Å². The molecular weight excluding hydrogens is 264 g/mol. The van der Waals surface area contributed by atoms with Crippen LogP contribution in [-0.4, -0.2) is 37.5 Å². The van der Waals surface area contributed by atoms with Crippen LogP contribution in [0.2, 0.25) is 5.02 Å². The van der Waals surface area contributed by atoms with Gasteiger partial charge in [0.15, 0.2) is 0 Å². The van der Waals surface area contributed by atoms with Crippen LogP contribution in [0.25, 0.3) is 0 Å². The lowest BCUT2D eigenvalue weighted by Gasteiger charge is -2.36. The molecule has 4 nitrogen and oxygen atoms in total. The number of nitrogens with zero attached hydrogens (tertiary/aromatic N) is 2. The summed E-state index contributed by atoms with van der Waals surface area (Å²) >= 11 is 6.02. The number of rotatable bonds is 3. The molecule has 2 rings (SSSR count). The molecule has 0 saturated carbocycles. The van der Waals surface area contributed by atoms with E-state index in [0.717, 1.165) is 5.69 Å². The Kier molecular flexibility index (Phi) is 4.31. The first-order chi connectivity index (χ1) is 9.04. The van der Waals surface area contributed by atoms with Gasteiger partial charge in [0.1, 0.15) is 6.07 Å². The quantitative estimate of drug-likeness (QED) is 0.922. The number of benzene rings is 1. The SMILES string of the molecule is CN(CC1(O)CCOCC1)c1ccc(C#N)c(Cl)c1. The summed E-state index contributed by atoms with van der Waals surface area (Å²) < 4.78 is 5.27. The summed E-state index contributed by atoms with van der Waals surface area (Å²) in [5.74, 6) is 0. The average Bonchev–Trinajstić information content (AvgIpc) is 2.39. The molecule has 1 aromatic carbocycles. The highest BCUT2D eigenvalue weighted by atomic mass is 35.5. The second-order valence-electron chi connectivity index (χ2n) is 4.97. The first-order valence-corrected chi connectivity index (χ1v) is 6.63. The summed E-state index contributed by atoms with van der Waals surface area (Å²) in [6, 6.07) is 7.32. The largest absolute Gasteiger partial charge is 0.388 e. The average molecular weight is 281 g/mol. The highest BCUT2D eigenvalue weighted by molar-refractivity contribution is 6.32. The van der Waals surface area contributed by atoms with E-state index in [1.807, 2.05) is 24.1 Å². The number of hydrogen-bond donors (Lipinski definition) is 1. The Labute approximate surface area is 118 Å². The van der Waals surface area contributed by atoms with E-state index in [4.69, 9.17) is 21.6 Å². The van der Waals surface area contributed by atoms with Gasteiger partial charge in [0.25, 0.3) is 0 Å². The van der Waals surface area contributed by atoms with E-state index in [9.17, 15) is 5.11 Å². The number of hydrogen-bond acceptors (Lipinski definition) is 4. The van der Waals surface area contributed by atoms with Gasteiger partial charge in [0.2, 0.25) is 0 Å². The minimum Gasteiger partial charge on any atom is -0.388 e. The smallest absolute Gasteiger partial charge is 0.101 e. The van der Waals surface area contributed by atoms with Crippen LogP contribution < -0.4 is 4.90 Å². The third kappa shape index (κ3) is 3.38. The molecule has 0 unspecified atom stereocenters. The maximum atomic E-state index is 10.5. The normalized spacial score (nSPS) is 17.8. The third-order valence-corrected chi connectivity index (χ3v) is 3.78. The lowest BCUT2D eigenvalue weighted by Crippen LogP contribution is -2.45. The first-order valence-electron chi connectivity index (χ1n) is 6.25. The van der Waals surface area contributed by atoms with Crippen LogP contribution in [0.1, 0.15) is 18.4 Å². The number of ether oxygens (including phenoxy) is 1. The first kappa shape index (κ1) is 14.1. The molecular formula is C14H17ClN2O2. The molecule has 0 spiro atoms. The van der Waals surface area contributed by atoms with E-state index in [2.05, 4.69) is 0 Å². The van der Waals surface area contributed by atoms with Crippen molar-refractivity contribution in [3.8, 4) is 6.07 Å². The fraction of sp³-hybridized carbons (Fsp3) is 0.500. The summed E-state index contributed by atoms with van der Waals surface area (Å²) in [5, 5.41) is 19.8. The van der Waals surface area contributed by atoms with Gasteiger partial charge in [-0.05, 0) is 18.2 Å². The second-order valence-corrected chi connectivity index (χ2v) is 5.38. The Balaban J connectivity index is 2.09. The molecule has 0 radical (unpaired) electrons. The predicted octanol–water partition coefficient (Wildman–Crippen LogP) is 2.19. The molecule has 1 saturated heterocycles. The Morgan fingerprint density at radius 1 is 1.47 bits per heavy atom. The molecule has 0 aliphatic carbocycles. The second kappa shape index (κ2) is 5.79. The standard InChI is InChI=1S/C14H17ClN2O2/c1-17(10-14(18)4-6-19-7-5-14)12-3-2-11(9-16)13(15)8-12/h2-3,8,18H,4-7,10H2,1H3. The highest BCUT2D eigenvalue weighted by Gasteiger charge is 2.31. The van der Waals surface area contributed by atoms with Crippen molar-refractivity contribution in [2.45, 2.75) is 18.4 Å². The van der Waals surface area contributed by atoms with Gasteiger partial charge in [-0.25, -0.2) is 0 Å². The van der Waals surface area contributed by atoms with Gasteiger partial charge in [0.05, 0.1) is 16.2 Å². The van der Waals surface area contributed by atoms with Crippen LogP contribution in [0.5, 0.6) is 0 Å². The fourth-order valence-electron chi connectivity index (χ4n) is 2.27. The Morgan fingerprint density at radius 3 is 2.74 bits per heavy atom. The summed E-state index contributed by atoms with van der Waals surface area (Å²) in [5.41, 5.74) is 0.639. The van der Waals surface area contributed by atoms with Gasteiger partial charge in [-0.3, -0.25) is 0 Å². The van der Waals surface area contributed by atoms with Crippen LogP contribution in [0.4, 0.5) is 5.69 Å². The van der Waals surface area contributed by atoms with Gasteiger partial charge in [-0.2, -0.15) is 5.26 Å². The van der Waals surface area contributed by atoms with Crippen LogP contribution in [0, 0.1) is 11.3 Å². The maximum absolute atomic E-state index is 10.5. The fourth-order valence-corrected chi connectivity index (χ4v) is 2.49. The van der Waals surface area contributed by atoms with Gasteiger partial charge < -0.3 is 14.7 Å². The van der Waals surface area contributed by atoms with Crippen molar-refractivity contribution in [1.29, 1.82) is 5.26 Å². The van der Waals surface area contributed by atoms with E-state index in [1.165, 1.54) is 0 Å². The Bertz CT molecular complexity index is 493. The van der Waals surface area contributed by atoms with Gasteiger partial charge >= 0.3 is 0 Å². The van der Waals surface area contributed by atoms with Crippen molar-refractivity contribution in [3.05, 3.63) is 28.8 Å². The zero-order valence-electron chi connectivity index (χ0n) is 10.9. The molecule has 5 heteroatoms. The molecule has 19 heavy (non-hydrogen) atoms. The molecule has 0 aromatic heterocycles. The topological polar surface area (TPSA) is 56.5 Å². The Hall–Kier alpha value is -1.28. The number of halogens is 1. The number of likely N-dealkylation sites (N-methyl/N-ethyl adjacent to an activating group) is 1.